The van der Waals surface area contributed by atoms with Gasteiger partial charge in [0.1, 0.15) is 0 Å². The van der Waals surface area contributed by atoms with E-state index in [1.807, 2.05) is 13.8 Å². The van der Waals surface area contributed by atoms with Crippen molar-refractivity contribution in [3.63, 3.8) is 0 Å². The van der Waals surface area contributed by atoms with Gasteiger partial charge in [-0.2, -0.15) is 0 Å². The van der Waals surface area contributed by atoms with Crippen LogP contribution < -0.4 is 16.4 Å². The number of nitrogens with two attached hydrogens (primary N) is 1. The highest BCUT2D eigenvalue weighted by Crippen LogP contribution is 2.16. The van der Waals surface area contributed by atoms with E-state index in [-0.39, 0.29) is 30.9 Å². The third-order valence-corrected chi connectivity index (χ3v) is 2.51. The molecule has 6 heteroatoms. The molecule has 0 heterocycles. The fraction of sp³-hybridized carbons (Fsp3) is 0.429. The van der Waals surface area contributed by atoms with Crippen LogP contribution in [0.2, 0.25) is 0 Å². The Morgan fingerprint density at radius 2 is 1.80 bits per heavy atom. The molecule has 0 bridgehead atoms. The second-order valence-electron chi connectivity index (χ2n) is 5.03. The van der Waals surface area contributed by atoms with Crippen molar-refractivity contribution in [2.45, 2.75) is 19.9 Å². The lowest BCUT2D eigenvalue weighted by Gasteiger charge is -2.17. The van der Waals surface area contributed by atoms with E-state index in [1.165, 1.54) is 0 Å². The maximum atomic E-state index is 11.8. The molecule has 0 radical (unpaired) electrons. The molecule has 0 saturated carbocycles. The normalized spacial score (nSPS) is 10.7. The highest BCUT2D eigenvalue weighted by Gasteiger charge is 2.12. The molecular weight excluding hydrogens is 256 g/mol. The summed E-state index contributed by atoms with van der Waals surface area (Å²) in [7, 11) is 1.72. The van der Waals surface area contributed by atoms with Crippen LogP contribution in [0.3, 0.4) is 0 Å². The quantitative estimate of drug-likeness (QED) is 0.667. The zero-order valence-electron chi connectivity index (χ0n) is 12.1. The Morgan fingerprint density at radius 3 is 2.40 bits per heavy atom. The Labute approximate surface area is 119 Å². The number of hydrogen-bond acceptors (Lipinski definition) is 4. The number of benzene rings is 1. The van der Waals surface area contributed by atoms with Crippen LogP contribution in [0.5, 0.6) is 0 Å². The number of nitrogen functional groups attached to an aromatic ring is 1. The summed E-state index contributed by atoms with van der Waals surface area (Å²) in [5.74, 6) is -0.308. The lowest BCUT2D eigenvalue weighted by Crippen LogP contribution is -2.41. The smallest absolute Gasteiger partial charge is 0.238 e. The van der Waals surface area contributed by atoms with Crippen LogP contribution in [-0.4, -0.2) is 42.9 Å². The first kappa shape index (κ1) is 16.0. The van der Waals surface area contributed by atoms with Crippen LogP contribution in [0.4, 0.5) is 11.4 Å². The summed E-state index contributed by atoms with van der Waals surface area (Å²) in [5, 5.41) is 5.49. The molecule has 0 aliphatic carbocycles. The van der Waals surface area contributed by atoms with Crippen molar-refractivity contribution in [1.29, 1.82) is 0 Å². The number of amides is 2. The fourth-order valence-corrected chi connectivity index (χ4v) is 1.71. The van der Waals surface area contributed by atoms with E-state index >= 15 is 0 Å². The van der Waals surface area contributed by atoms with Gasteiger partial charge in [-0.05, 0) is 33.0 Å². The minimum atomic E-state index is -0.206. The standard InChI is InChI=1S/C14H22N4O2/c1-10(2)16-13(19)8-18(3)9-14(20)17-12-7-5-4-6-11(12)15/h4-7,10H,8-9,15H2,1-3H3,(H,16,19)(H,17,20). The number of carbonyl (C=O) groups excluding carboxylic acids is 2. The number of hydrogen-bond donors (Lipinski definition) is 3. The third kappa shape index (κ3) is 5.71. The zero-order valence-corrected chi connectivity index (χ0v) is 12.1. The van der Waals surface area contributed by atoms with Crippen LogP contribution >= 0.6 is 0 Å². The molecule has 20 heavy (non-hydrogen) atoms. The molecule has 110 valence electrons. The number of anilines is 2. The zero-order chi connectivity index (χ0) is 15.1. The fourth-order valence-electron chi connectivity index (χ4n) is 1.71. The van der Waals surface area contributed by atoms with E-state index in [9.17, 15) is 9.59 Å². The summed E-state index contributed by atoms with van der Waals surface area (Å²) in [4.78, 5) is 25.0. The Bertz CT molecular complexity index is 474. The number of para-hydroxylation sites is 2. The summed E-state index contributed by atoms with van der Waals surface area (Å²) in [6.07, 6.45) is 0. The predicted octanol–water partition coefficient (Wildman–Crippen LogP) is 0.664. The summed E-state index contributed by atoms with van der Waals surface area (Å²) in [5.41, 5.74) is 6.84. The van der Waals surface area contributed by atoms with Crippen molar-refractivity contribution < 1.29 is 9.59 Å². The SMILES string of the molecule is CC(C)NC(=O)CN(C)CC(=O)Nc1ccccc1N. The molecule has 2 amide bonds. The summed E-state index contributed by atoms with van der Waals surface area (Å²) >= 11 is 0. The summed E-state index contributed by atoms with van der Waals surface area (Å²) in [6, 6.07) is 7.14. The van der Waals surface area contributed by atoms with Crippen LogP contribution in [0.15, 0.2) is 24.3 Å². The number of rotatable bonds is 6. The molecule has 0 spiro atoms. The van der Waals surface area contributed by atoms with Gasteiger partial charge in [0, 0.05) is 6.04 Å². The number of nitrogens with zero attached hydrogens (tertiary/aromatic N) is 1. The van der Waals surface area contributed by atoms with Gasteiger partial charge in [0.2, 0.25) is 11.8 Å². The van der Waals surface area contributed by atoms with Gasteiger partial charge in [-0.25, -0.2) is 0 Å². The van der Waals surface area contributed by atoms with Gasteiger partial charge in [0.25, 0.3) is 0 Å². The summed E-state index contributed by atoms with van der Waals surface area (Å²) in [6.45, 7) is 4.08. The first-order valence-electron chi connectivity index (χ1n) is 6.50. The van der Waals surface area contributed by atoms with Crippen LogP contribution in [0, 0.1) is 0 Å². The molecule has 1 rings (SSSR count). The first-order valence-corrected chi connectivity index (χ1v) is 6.50. The molecule has 6 nitrogen and oxygen atoms in total. The van der Waals surface area contributed by atoms with Gasteiger partial charge >= 0.3 is 0 Å². The topological polar surface area (TPSA) is 87.5 Å². The van der Waals surface area contributed by atoms with Crippen molar-refractivity contribution in [3.8, 4) is 0 Å². The summed E-state index contributed by atoms with van der Waals surface area (Å²) < 4.78 is 0. The average molecular weight is 278 g/mol. The number of likely N-dealkylation sites (N-methyl/N-ethyl adjacent to an activating group) is 1. The van der Waals surface area contributed by atoms with E-state index in [4.69, 9.17) is 5.73 Å². The average Bonchev–Trinajstić information content (AvgIpc) is 2.30. The molecule has 1 aromatic rings. The van der Waals surface area contributed by atoms with Gasteiger partial charge < -0.3 is 16.4 Å². The Kier molecular flexibility index (Phi) is 5.99. The van der Waals surface area contributed by atoms with Gasteiger partial charge in [0.15, 0.2) is 0 Å². The molecule has 1 aromatic carbocycles. The first-order chi connectivity index (χ1) is 9.38. The Balaban J connectivity index is 2.42. The second kappa shape index (κ2) is 7.49. The highest BCUT2D eigenvalue weighted by molar-refractivity contribution is 5.95. The third-order valence-electron chi connectivity index (χ3n) is 2.51. The van der Waals surface area contributed by atoms with E-state index in [1.54, 1.807) is 36.2 Å². The van der Waals surface area contributed by atoms with E-state index < -0.39 is 0 Å². The molecular formula is C14H22N4O2. The van der Waals surface area contributed by atoms with Crippen LogP contribution in [0.25, 0.3) is 0 Å². The molecule has 0 saturated heterocycles. The lowest BCUT2D eigenvalue weighted by atomic mass is 10.2. The van der Waals surface area contributed by atoms with Gasteiger partial charge in [0.05, 0.1) is 24.5 Å². The highest BCUT2D eigenvalue weighted by atomic mass is 16.2. The Hall–Kier alpha value is -2.08. The second-order valence-corrected chi connectivity index (χ2v) is 5.03. The maximum absolute atomic E-state index is 11.8. The van der Waals surface area contributed by atoms with E-state index in [0.29, 0.717) is 11.4 Å². The largest absolute Gasteiger partial charge is 0.397 e. The molecule has 0 aliphatic rings. The molecule has 0 aromatic heterocycles. The van der Waals surface area contributed by atoms with E-state index in [2.05, 4.69) is 10.6 Å². The van der Waals surface area contributed by atoms with Gasteiger partial charge in [-0.1, -0.05) is 12.1 Å². The maximum Gasteiger partial charge on any atom is 0.238 e. The minimum absolute atomic E-state index is 0.0915. The molecule has 0 atom stereocenters. The Morgan fingerprint density at radius 1 is 1.20 bits per heavy atom. The number of carbonyl (C=O) groups is 2. The van der Waals surface area contributed by atoms with E-state index in [0.717, 1.165) is 0 Å². The molecule has 4 N–H and O–H groups in total. The lowest BCUT2D eigenvalue weighted by molar-refractivity contribution is -0.123. The predicted molar refractivity (Wildman–Crippen MR) is 80.3 cm³/mol. The van der Waals surface area contributed by atoms with Crippen molar-refractivity contribution in [2.24, 2.45) is 0 Å². The van der Waals surface area contributed by atoms with Crippen molar-refractivity contribution in [2.75, 3.05) is 31.2 Å². The molecule has 0 aliphatic heterocycles. The van der Waals surface area contributed by atoms with Crippen LogP contribution in [0.1, 0.15) is 13.8 Å². The van der Waals surface area contributed by atoms with Crippen LogP contribution in [-0.2, 0) is 9.59 Å². The number of nitrogens with one attached hydrogen (secondary N) is 2. The van der Waals surface area contributed by atoms with Crippen molar-refractivity contribution >= 4 is 23.2 Å². The van der Waals surface area contributed by atoms with Crippen molar-refractivity contribution in [1.82, 2.24) is 10.2 Å². The van der Waals surface area contributed by atoms with Crippen molar-refractivity contribution in [3.05, 3.63) is 24.3 Å². The minimum Gasteiger partial charge on any atom is -0.397 e. The van der Waals surface area contributed by atoms with Gasteiger partial charge in [-0.15, -0.1) is 0 Å². The molecule has 0 unspecified atom stereocenters. The monoisotopic (exact) mass is 278 g/mol. The molecule has 0 fully saturated rings. The van der Waals surface area contributed by atoms with Gasteiger partial charge in [-0.3, -0.25) is 14.5 Å².